The average molecular weight is 418 g/mol. The summed E-state index contributed by atoms with van der Waals surface area (Å²) in [5.41, 5.74) is 2.76. The van der Waals surface area contributed by atoms with Gasteiger partial charge in [0.25, 0.3) is 0 Å². The van der Waals surface area contributed by atoms with Crippen LogP contribution in [0, 0.1) is 0 Å². The molecule has 3 nitrogen and oxygen atoms in total. The highest BCUT2D eigenvalue weighted by Gasteiger charge is 2.14. The minimum atomic E-state index is 0.318. The number of hydrogen-bond acceptors (Lipinski definition) is 2. The Hall–Kier alpha value is -2.20. The van der Waals surface area contributed by atoms with Gasteiger partial charge in [-0.2, -0.15) is 0 Å². The van der Waals surface area contributed by atoms with E-state index in [1.165, 1.54) is 0 Å². The van der Waals surface area contributed by atoms with E-state index >= 15 is 0 Å². The summed E-state index contributed by atoms with van der Waals surface area (Å²) >= 11 is 18.7. The Bertz CT molecular complexity index is 1070. The molecule has 0 N–H and O–H groups in total. The van der Waals surface area contributed by atoms with Gasteiger partial charge >= 0.3 is 0 Å². The average Bonchev–Trinajstić information content (AvgIpc) is 3.02. The molecule has 1 aromatic heterocycles. The van der Waals surface area contributed by atoms with Gasteiger partial charge in [-0.05, 0) is 48.5 Å². The van der Waals surface area contributed by atoms with E-state index in [4.69, 9.17) is 44.5 Å². The minimum absolute atomic E-state index is 0.318. The zero-order valence-corrected chi connectivity index (χ0v) is 16.5. The maximum Gasteiger partial charge on any atom is 0.148 e. The van der Waals surface area contributed by atoms with Crippen LogP contribution in [-0.4, -0.2) is 9.55 Å². The predicted molar refractivity (Wildman–Crippen MR) is 111 cm³/mol. The van der Waals surface area contributed by atoms with Crippen molar-refractivity contribution < 1.29 is 4.74 Å². The molecule has 4 rings (SSSR count). The Labute approximate surface area is 172 Å². The van der Waals surface area contributed by atoms with E-state index < -0.39 is 0 Å². The van der Waals surface area contributed by atoms with E-state index in [0.29, 0.717) is 28.2 Å². The zero-order chi connectivity index (χ0) is 18.8. The lowest BCUT2D eigenvalue weighted by atomic mass is 10.2. The van der Waals surface area contributed by atoms with Gasteiger partial charge in [-0.15, -0.1) is 0 Å². The van der Waals surface area contributed by atoms with Gasteiger partial charge in [0.2, 0.25) is 0 Å². The first kappa shape index (κ1) is 18.2. The molecule has 136 valence electrons. The van der Waals surface area contributed by atoms with Gasteiger partial charge in [-0.1, -0.05) is 53.0 Å². The first-order chi connectivity index (χ1) is 13.1. The second kappa shape index (κ2) is 7.81. The van der Waals surface area contributed by atoms with Crippen molar-refractivity contribution in [2.24, 2.45) is 0 Å². The van der Waals surface area contributed by atoms with Gasteiger partial charge in [0, 0.05) is 20.6 Å². The summed E-state index contributed by atoms with van der Waals surface area (Å²) in [5.74, 6) is 1.52. The topological polar surface area (TPSA) is 27.1 Å². The summed E-state index contributed by atoms with van der Waals surface area (Å²) < 4.78 is 7.99. The standard InChI is InChI=1S/C21H15Cl3N2O/c22-14-8-10-15(11-9-14)27-13-21-25-19-6-1-2-7-20(19)26(21)12-16-17(23)4-3-5-18(16)24/h1-11H,12-13H2. The molecule has 4 aromatic rings. The van der Waals surface area contributed by atoms with Crippen molar-refractivity contribution in [2.45, 2.75) is 13.2 Å². The van der Waals surface area contributed by atoms with Crippen LogP contribution >= 0.6 is 34.8 Å². The first-order valence-corrected chi connectivity index (χ1v) is 9.50. The summed E-state index contributed by atoms with van der Waals surface area (Å²) in [5, 5.41) is 1.93. The SMILES string of the molecule is Clc1ccc(OCc2nc3ccccc3n2Cc2c(Cl)cccc2Cl)cc1. The molecular formula is C21H15Cl3N2O. The molecule has 6 heteroatoms. The number of imidazole rings is 1. The van der Waals surface area contributed by atoms with Crippen LogP contribution in [0.5, 0.6) is 5.75 Å². The third-order valence-electron chi connectivity index (χ3n) is 4.29. The predicted octanol–water partition coefficient (Wildman–Crippen LogP) is 6.62. The van der Waals surface area contributed by atoms with Gasteiger partial charge in [-0.3, -0.25) is 0 Å². The molecule has 0 fully saturated rings. The lowest BCUT2D eigenvalue weighted by Gasteiger charge is -2.13. The fraction of sp³-hybridized carbons (Fsp3) is 0.0952. The molecule has 0 atom stereocenters. The maximum atomic E-state index is 6.38. The van der Waals surface area contributed by atoms with Gasteiger partial charge < -0.3 is 9.30 Å². The van der Waals surface area contributed by atoms with Gasteiger partial charge in [0.1, 0.15) is 18.2 Å². The maximum absolute atomic E-state index is 6.38. The number of nitrogens with zero attached hydrogens (tertiary/aromatic N) is 2. The Kier molecular flexibility index (Phi) is 5.26. The van der Waals surface area contributed by atoms with E-state index in [1.807, 2.05) is 54.6 Å². The summed E-state index contributed by atoms with van der Waals surface area (Å²) in [6, 6.07) is 20.7. The zero-order valence-electron chi connectivity index (χ0n) is 14.2. The molecule has 1 heterocycles. The molecule has 0 saturated heterocycles. The third kappa shape index (κ3) is 3.91. The molecule has 0 bridgehead atoms. The molecule has 0 unspecified atom stereocenters. The third-order valence-corrected chi connectivity index (χ3v) is 5.25. The molecule has 0 aliphatic heterocycles. The summed E-state index contributed by atoms with van der Waals surface area (Å²) in [6.07, 6.45) is 0. The Morgan fingerprint density at radius 3 is 2.26 bits per heavy atom. The fourth-order valence-electron chi connectivity index (χ4n) is 2.93. The fourth-order valence-corrected chi connectivity index (χ4v) is 3.58. The van der Waals surface area contributed by atoms with Crippen LogP contribution in [0.2, 0.25) is 15.1 Å². The molecular weight excluding hydrogens is 403 g/mol. The van der Waals surface area contributed by atoms with Gasteiger partial charge in [-0.25, -0.2) is 4.98 Å². The van der Waals surface area contributed by atoms with Crippen molar-refractivity contribution in [1.29, 1.82) is 0 Å². The number of benzene rings is 3. The number of fused-ring (bicyclic) bond motifs is 1. The largest absolute Gasteiger partial charge is 0.486 e. The van der Waals surface area contributed by atoms with Crippen molar-refractivity contribution >= 4 is 45.8 Å². The Morgan fingerprint density at radius 1 is 0.815 bits per heavy atom. The molecule has 0 radical (unpaired) electrons. The van der Waals surface area contributed by atoms with Gasteiger partial charge in [0.05, 0.1) is 17.6 Å². The van der Waals surface area contributed by atoms with Crippen LogP contribution in [0.25, 0.3) is 11.0 Å². The molecule has 0 aliphatic carbocycles. The second-order valence-corrected chi connectivity index (χ2v) is 7.30. The van der Waals surface area contributed by atoms with E-state index in [9.17, 15) is 0 Å². The summed E-state index contributed by atoms with van der Waals surface area (Å²) in [7, 11) is 0. The monoisotopic (exact) mass is 416 g/mol. The number of rotatable bonds is 5. The Morgan fingerprint density at radius 2 is 1.52 bits per heavy atom. The molecule has 27 heavy (non-hydrogen) atoms. The smallest absolute Gasteiger partial charge is 0.148 e. The molecule has 0 aliphatic rings. The number of halogens is 3. The van der Waals surface area contributed by atoms with E-state index in [2.05, 4.69) is 4.57 Å². The molecule has 0 saturated carbocycles. The van der Waals surface area contributed by atoms with Crippen LogP contribution in [0.1, 0.15) is 11.4 Å². The van der Waals surface area contributed by atoms with Crippen LogP contribution in [0.15, 0.2) is 66.7 Å². The highest BCUT2D eigenvalue weighted by molar-refractivity contribution is 6.36. The van der Waals surface area contributed by atoms with Crippen molar-refractivity contribution in [3.63, 3.8) is 0 Å². The van der Waals surface area contributed by atoms with Crippen LogP contribution in [-0.2, 0) is 13.2 Å². The lowest BCUT2D eigenvalue weighted by Crippen LogP contribution is -2.09. The van der Waals surface area contributed by atoms with Crippen molar-refractivity contribution in [1.82, 2.24) is 9.55 Å². The van der Waals surface area contributed by atoms with E-state index in [-0.39, 0.29) is 0 Å². The van der Waals surface area contributed by atoms with E-state index in [1.54, 1.807) is 12.1 Å². The number of aromatic nitrogens is 2. The van der Waals surface area contributed by atoms with Crippen molar-refractivity contribution in [3.8, 4) is 5.75 Å². The van der Waals surface area contributed by atoms with Crippen molar-refractivity contribution in [3.05, 3.63) is 93.2 Å². The summed E-state index contributed by atoms with van der Waals surface area (Å²) in [4.78, 5) is 4.73. The quantitative estimate of drug-likeness (QED) is 0.364. The number of ether oxygens (including phenoxy) is 1. The van der Waals surface area contributed by atoms with Crippen molar-refractivity contribution in [2.75, 3.05) is 0 Å². The van der Waals surface area contributed by atoms with Crippen LogP contribution in [0.3, 0.4) is 0 Å². The van der Waals surface area contributed by atoms with Gasteiger partial charge in [0.15, 0.2) is 0 Å². The van der Waals surface area contributed by atoms with Crippen LogP contribution in [0.4, 0.5) is 0 Å². The highest BCUT2D eigenvalue weighted by Crippen LogP contribution is 2.28. The summed E-state index contributed by atoms with van der Waals surface area (Å²) in [6.45, 7) is 0.830. The number of para-hydroxylation sites is 2. The second-order valence-electron chi connectivity index (χ2n) is 6.05. The molecule has 0 amide bonds. The van der Waals surface area contributed by atoms with E-state index in [0.717, 1.165) is 28.2 Å². The molecule has 3 aromatic carbocycles. The lowest BCUT2D eigenvalue weighted by molar-refractivity contribution is 0.291. The van der Waals surface area contributed by atoms with Crippen LogP contribution < -0.4 is 4.74 Å². The first-order valence-electron chi connectivity index (χ1n) is 8.37. The Balaban J connectivity index is 1.70. The molecule has 0 spiro atoms. The normalized spacial score (nSPS) is 11.1. The highest BCUT2D eigenvalue weighted by atomic mass is 35.5. The minimum Gasteiger partial charge on any atom is -0.486 e. The number of hydrogen-bond donors (Lipinski definition) is 0.